The molecule has 0 heterocycles. The average molecular weight is 295 g/mol. The molecule has 0 atom stereocenters. The third-order valence-corrected chi connectivity index (χ3v) is 4.78. The summed E-state index contributed by atoms with van der Waals surface area (Å²) in [5.74, 6) is 0.539. The summed E-state index contributed by atoms with van der Waals surface area (Å²) >= 11 is 0. The number of aliphatic imine (C=N–C) groups is 1. The molecule has 0 radical (unpaired) electrons. The van der Waals surface area contributed by atoms with E-state index in [4.69, 9.17) is 5.73 Å². The first-order valence-corrected chi connectivity index (χ1v) is 8.50. The molecular formula is C14H21N3O2S. The van der Waals surface area contributed by atoms with Gasteiger partial charge in [-0.3, -0.25) is 0 Å². The highest BCUT2D eigenvalue weighted by atomic mass is 32.2. The van der Waals surface area contributed by atoms with Crippen molar-refractivity contribution in [3.8, 4) is 0 Å². The van der Waals surface area contributed by atoms with Crippen LogP contribution in [0.3, 0.4) is 0 Å². The number of aryl methyl sites for hydroxylation is 1. The van der Waals surface area contributed by atoms with Crippen molar-refractivity contribution in [1.29, 1.82) is 0 Å². The first kappa shape index (κ1) is 14.8. The maximum Gasteiger partial charge on any atom is 0.191 e. The van der Waals surface area contributed by atoms with Gasteiger partial charge in [0.2, 0.25) is 0 Å². The summed E-state index contributed by atoms with van der Waals surface area (Å²) in [7, 11) is -1.21. The van der Waals surface area contributed by atoms with Crippen molar-refractivity contribution in [2.24, 2.45) is 10.7 Å². The van der Waals surface area contributed by atoms with Gasteiger partial charge in [-0.05, 0) is 37.0 Å². The van der Waals surface area contributed by atoms with E-state index in [0.717, 1.165) is 11.1 Å². The molecule has 2 N–H and O–H groups in total. The maximum atomic E-state index is 11.5. The van der Waals surface area contributed by atoms with Crippen LogP contribution in [0.15, 0.2) is 28.1 Å². The zero-order chi connectivity index (χ0) is 14.9. The van der Waals surface area contributed by atoms with E-state index in [2.05, 4.69) is 4.99 Å². The lowest BCUT2D eigenvalue weighted by Gasteiger charge is -2.16. The molecular weight excluding hydrogens is 274 g/mol. The number of nitrogens with zero attached hydrogens (tertiary/aromatic N) is 2. The molecule has 0 bridgehead atoms. The summed E-state index contributed by atoms with van der Waals surface area (Å²) in [6.07, 6.45) is 3.57. The van der Waals surface area contributed by atoms with Gasteiger partial charge in [-0.2, -0.15) is 0 Å². The van der Waals surface area contributed by atoms with Gasteiger partial charge >= 0.3 is 0 Å². The van der Waals surface area contributed by atoms with Crippen LogP contribution in [0.4, 0.5) is 0 Å². The van der Waals surface area contributed by atoms with Crippen LogP contribution in [0.2, 0.25) is 0 Å². The number of hydrogen-bond donors (Lipinski definition) is 1. The highest BCUT2D eigenvalue weighted by molar-refractivity contribution is 7.90. The highest BCUT2D eigenvalue weighted by Crippen LogP contribution is 2.25. The monoisotopic (exact) mass is 295 g/mol. The molecule has 1 saturated carbocycles. The number of nitrogens with two attached hydrogens (primary N) is 1. The number of hydrogen-bond acceptors (Lipinski definition) is 3. The lowest BCUT2D eigenvalue weighted by Crippen LogP contribution is -2.35. The topological polar surface area (TPSA) is 75.8 Å². The molecule has 0 saturated heterocycles. The minimum Gasteiger partial charge on any atom is -0.370 e. The van der Waals surface area contributed by atoms with Crippen LogP contribution in [-0.4, -0.2) is 38.6 Å². The minimum absolute atomic E-state index is 0.369. The van der Waals surface area contributed by atoms with Gasteiger partial charge in [-0.1, -0.05) is 12.1 Å². The summed E-state index contributed by atoms with van der Waals surface area (Å²) in [6.45, 7) is 2.26. The van der Waals surface area contributed by atoms with Crippen molar-refractivity contribution in [3.05, 3.63) is 29.3 Å². The maximum absolute atomic E-state index is 11.5. The average Bonchev–Trinajstić information content (AvgIpc) is 3.17. The Morgan fingerprint density at radius 3 is 2.60 bits per heavy atom. The van der Waals surface area contributed by atoms with Gasteiger partial charge in [-0.25, -0.2) is 13.4 Å². The molecule has 1 aromatic rings. The Hall–Kier alpha value is -1.56. The zero-order valence-corrected chi connectivity index (χ0v) is 12.9. The van der Waals surface area contributed by atoms with Gasteiger partial charge in [0.25, 0.3) is 0 Å². The smallest absolute Gasteiger partial charge is 0.191 e. The van der Waals surface area contributed by atoms with E-state index in [0.29, 0.717) is 23.4 Å². The highest BCUT2D eigenvalue weighted by Gasteiger charge is 2.27. The van der Waals surface area contributed by atoms with Gasteiger partial charge in [0.15, 0.2) is 15.8 Å². The normalized spacial score (nSPS) is 16.2. The van der Waals surface area contributed by atoms with Crippen LogP contribution in [0.5, 0.6) is 0 Å². The van der Waals surface area contributed by atoms with Gasteiger partial charge in [0.1, 0.15) is 0 Å². The van der Waals surface area contributed by atoms with Crippen LogP contribution < -0.4 is 5.73 Å². The van der Waals surface area contributed by atoms with Gasteiger partial charge in [-0.15, -0.1) is 0 Å². The molecule has 1 fully saturated rings. The Balaban J connectivity index is 2.11. The van der Waals surface area contributed by atoms with Crippen molar-refractivity contribution in [2.45, 2.75) is 37.2 Å². The Bertz CT molecular complexity index is 634. The number of sulfone groups is 1. The quantitative estimate of drug-likeness (QED) is 0.671. The SMILES string of the molecule is Cc1cc(CN=C(N)N(C)C2CC2)ccc1S(C)(=O)=O. The summed E-state index contributed by atoms with van der Waals surface area (Å²) in [5, 5.41) is 0. The molecule has 2 rings (SSSR count). The summed E-state index contributed by atoms with van der Waals surface area (Å²) < 4.78 is 23.1. The molecule has 1 aliphatic rings. The summed E-state index contributed by atoms with van der Waals surface area (Å²) in [4.78, 5) is 6.73. The van der Waals surface area contributed by atoms with Crippen molar-refractivity contribution >= 4 is 15.8 Å². The fraction of sp³-hybridized carbons (Fsp3) is 0.500. The van der Waals surface area contributed by atoms with E-state index in [1.807, 2.05) is 18.0 Å². The largest absolute Gasteiger partial charge is 0.370 e. The predicted octanol–water partition coefficient (Wildman–Crippen LogP) is 1.31. The first-order chi connectivity index (χ1) is 9.29. The van der Waals surface area contributed by atoms with Crippen LogP contribution in [0.25, 0.3) is 0 Å². The molecule has 1 aromatic carbocycles. The second kappa shape index (κ2) is 5.44. The van der Waals surface area contributed by atoms with E-state index >= 15 is 0 Å². The van der Waals surface area contributed by atoms with Crippen molar-refractivity contribution in [3.63, 3.8) is 0 Å². The summed E-state index contributed by atoms with van der Waals surface area (Å²) in [6, 6.07) is 5.81. The van der Waals surface area contributed by atoms with Crippen LogP contribution in [-0.2, 0) is 16.4 Å². The van der Waals surface area contributed by atoms with Gasteiger partial charge in [0, 0.05) is 19.3 Å². The Kier molecular flexibility index (Phi) is 4.04. The summed E-state index contributed by atoms with van der Waals surface area (Å²) in [5.41, 5.74) is 7.63. The van der Waals surface area contributed by atoms with Crippen molar-refractivity contribution in [1.82, 2.24) is 4.90 Å². The van der Waals surface area contributed by atoms with E-state index in [1.54, 1.807) is 19.1 Å². The molecule has 1 aliphatic carbocycles. The minimum atomic E-state index is -3.17. The predicted molar refractivity (Wildman–Crippen MR) is 80.4 cm³/mol. The molecule has 6 heteroatoms. The van der Waals surface area contributed by atoms with E-state index < -0.39 is 9.84 Å². The van der Waals surface area contributed by atoms with E-state index in [9.17, 15) is 8.42 Å². The molecule has 0 aliphatic heterocycles. The number of guanidine groups is 1. The van der Waals surface area contributed by atoms with Gasteiger partial charge < -0.3 is 10.6 Å². The molecule has 0 unspecified atom stereocenters. The second-order valence-electron chi connectivity index (χ2n) is 5.39. The first-order valence-electron chi connectivity index (χ1n) is 6.61. The van der Waals surface area contributed by atoms with Crippen LogP contribution in [0, 0.1) is 6.92 Å². The second-order valence-corrected chi connectivity index (χ2v) is 7.37. The third kappa shape index (κ3) is 3.50. The Morgan fingerprint density at radius 1 is 1.45 bits per heavy atom. The Labute approximate surface area is 120 Å². The van der Waals surface area contributed by atoms with Crippen LogP contribution >= 0.6 is 0 Å². The molecule has 20 heavy (non-hydrogen) atoms. The van der Waals surface area contributed by atoms with Crippen LogP contribution in [0.1, 0.15) is 24.0 Å². The van der Waals surface area contributed by atoms with Crippen molar-refractivity contribution < 1.29 is 8.42 Å². The van der Waals surface area contributed by atoms with Gasteiger partial charge in [0.05, 0.1) is 11.4 Å². The molecule has 0 spiro atoms. The standard InChI is InChI=1S/C14H21N3O2S/c1-10-8-11(4-7-13(10)20(3,18)19)9-16-14(15)17(2)12-5-6-12/h4,7-8,12H,5-6,9H2,1-3H3,(H2,15,16). The zero-order valence-electron chi connectivity index (χ0n) is 12.1. The van der Waals surface area contributed by atoms with Crippen molar-refractivity contribution in [2.75, 3.05) is 13.3 Å². The van der Waals surface area contributed by atoms with E-state index in [-0.39, 0.29) is 0 Å². The lowest BCUT2D eigenvalue weighted by atomic mass is 10.1. The molecule has 5 nitrogen and oxygen atoms in total. The lowest BCUT2D eigenvalue weighted by molar-refractivity contribution is 0.487. The number of benzene rings is 1. The Morgan fingerprint density at radius 2 is 2.10 bits per heavy atom. The fourth-order valence-electron chi connectivity index (χ4n) is 2.16. The van der Waals surface area contributed by atoms with E-state index in [1.165, 1.54) is 19.1 Å². The molecule has 0 aromatic heterocycles. The number of rotatable bonds is 4. The molecule has 0 amide bonds. The third-order valence-electron chi connectivity index (χ3n) is 3.52. The fourth-order valence-corrected chi connectivity index (χ4v) is 3.12. The molecule has 110 valence electrons.